The van der Waals surface area contributed by atoms with Gasteiger partial charge < -0.3 is 19.6 Å². The predicted molar refractivity (Wildman–Crippen MR) is 126 cm³/mol. The second-order valence-corrected chi connectivity index (χ2v) is 9.14. The van der Waals surface area contributed by atoms with E-state index in [-0.39, 0.29) is 5.92 Å². The van der Waals surface area contributed by atoms with Gasteiger partial charge in [-0.1, -0.05) is 44.2 Å². The standard InChI is InChI=1S/C25H37N3O4/c1-26(12-6-9-20-7-4-3-5-8-20)13-14-28(19-29)23-11-10-21(15-24(23)32-2)16-27-17-22(18-27)25(30)31/h6,10-12,15,19-20,22H,3-5,7-9,13-14,16-18H2,1-2H3,(H,30,31)/b12-6+. The number of carboxylic acids is 1. The molecule has 0 aromatic heterocycles. The Morgan fingerprint density at radius 2 is 1.97 bits per heavy atom. The summed E-state index contributed by atoms with van der Waals surface area (Å²) in [6.45, 7) is 3.11. The van der Waals surface area contributed by atoms with Crippen molar-refractivity contribution in [2.45, 2.75) is 45.1 Å². The number of hydrogen-bond donors (Lipinski definition) is 1. The molecule has 0 unspecified atom stereocenters. The van der Waals surface area contributed by atoms with Crippen LogP contribution >= 0.6 is 0 Å². The van der Waals surface area contributed by atoms with E-state index in [9.17, 15) is 9.59 Å². The molecular formula is C25H37N3O4. The van der Waals surface area contributed by atoms with Crippen LogP contribution in [0.25, 0.3) is 0 Å². The Balaban J connectivity index is 1.50. The molecule has 1 heterocycles. The quantitative estimate of drug-likeness (QED) is 0.498. The lowest BCUT2D eigenvalue weighted by molar-refractivity contribution is -0.147. The molecule has 32 heavy (non-hydrogen) atoms. The fourth-order valence-corrected chi connectivity index (χ4v) is 4.60. The highest BCUT2D eigenvalue weighted by molar-refractivity contribution is 5.79. The Bertz CT molecular complexity index is 785. The number of carbonyl (C=O) groups is 2. The van der Waals surface area contributed by atoms with Crippen molar-refractivity contribution in [2.75, 3.05) is 45.2 Å². The van der Waals surface area contributed by atoms with Gasteiger partial charge in [0.1, 0.15) is 5.75 Å². The van der Waals surface area contributed by atoms with Crippen molar-refractivity contribution >= 4 is 18.1 Å². The van der Waals surface area contributed by atoms with E-state index in [1.165, 1.54) is 32.1 Å². The summed E-state index contributed by atoms with van der Waals surface area (Å²) >= 11 is 0. The number of allylic oxidation sites excluding steroid dienone is 1. The third kappa shape index (κ3) is 6.73. The number of nitrogens with zero attached hydrogens (tertiary/aromatic N) is 3. The largest absolute Gasteiger partial charge is 0.495 e. The lowest BCUT2D eigenvalue weighted by Crippen LogP contribution is -2.49. The van der Waals surface area contributed by atoms with Gasteiger partial charge in [-0.05, 0) is 36.2 Å². The van der Waals surface area contributed by atoms with E-state index in [4.69, 9.17) is 9.84 Å². The summed E-state index contributed by atoms with van der Waals surface area (Å²) in [4.78, 5) is 28.7. The molecule has 0 radical (unpaired) electrons. The molecule has 1 saturated carbocycles. The van der Waals surface area contributed by atoms with Crippen LogP contribution in [0.4, 0.5) is 5.69 Å². The molecule has 3 rings (SSSR count). The average Bonchev–Trinajstić information content (AvgIpc) is 2.77. The number of ether oxygens (including phenoxy) is 1. The first-order chi connectivity index (χ1) is 15.5. The van der Waals surface area contributed by atoms with Gasteiger partial charge in [-0.15, -0.1) is 0 Å². The summed E-state index contributed by atoms with van der Waals surface area (Å²) in [6, 6.07) is 5.83. The van der Waals surface area contributed by atoms with Crippen molar-refractivity contribution < 1.29 is 19.4 Å². The Morgan fingerprint density at radius 1 is 1.22 bits per heavy atom. The lowest BCUT2D eigenvalue weighted by Gasteiger charge is -2.36. The number of rotatable bonds is 12. The molecule has 1 aromatic carbocycles. The molecule has 1 saturated heterocycles. The number of anilines is 1. The number of aliphatic carboxylic acids is 1. The fraction of sp³-hybridized carbons (Fsp3) is 0.600. The highest BCUT2D eigenvalue weighted by Crippen LogP contribution is 2.30. The van der Waals surface area contributed by atoms with E-state index < -0.39 is 5.97 Å². The first kappa shape index (κ1) is 24.1. The SMILES string of the molecule is COc1cc(CN2CC(C(=O)O)C2)ccc1N(C=O)CCN(C)/C=C/CC1CCCCC1. The normalized spacial score (nSPS) is 17.8. The van der Waals surface area contributed by atoms with Gasteiger partial charge in [-0.3, -0.25) is 14.5 Å². The van der Waals surface area contributed by atoms with Crippen LogP contribution in [0.15, 0.2) is 30.5 Å². The fourth-order valence-electron chi connectivity index (χ4n) is 4.60. The van der Waals surface area contributed by atoms with Gasteiger partial charge in [0.25, 0.3) is 0 Å². The molecule has 1 N–H and O–H groups in total. The van der Waals surface area contributed by atoms with Crippen molar-refractivity contribution in [3.05, 3.63) is 36.0 Å². The molecule has 2 aliphatic rings. The van der Waals surface area contributed by atoms with E-state index in [1.54, 1.807) is 12.0 Å². The van der Waals surface area contributed by atoms with Gasteiger partial charge in [0.2, 0.25) is 6.41 Å². The van der Waals surface area contributed by atoms with E-state index in [0.29, 0.717) is 31.9 Å². The molecule has 1 aliphatic heterocycles. The van der Waals surface area contributed by atoms with Gasteiger partial charge in [-0.25, -0.2) is 0 Å². The second-order valence-electron chi connectivity index (χ2n) is 9.14. The number of likely N-dealkylation sites (tertiary alicyclic amines) is 1. The lowest BCUT2D eigenvalue weighted by atomic mass is 9.87. The molecule has 1 amide bonds. The predicted octanol–water partition coefficient (Wildman–Crippen LogP) is 3.59. The van der Waals surface area contributed by atoms with Gasteiger partial charge in [0.15, 0.2) is 0 Å². The maximum atomic E-state index is 11.8. The van der Waals surface area contributed by atoms with Crippen LogP contribution in [-0.2, 0) is 16.1 Å². The number of carboxylic acid groups (broad SMARTS) is 1. The Kier molecular flexibility index (Phi) is 8.97. The van der Waals surface area contributed by atoms with E-state index in [2.05, 4.69) is 22.1 Å². The van der Waals surface area contributed by atoms with E-state index in [1.807, 2.05) is 25.2 Å². The maximum absolute atomic E-state index is 11.8. The molecule has 0 spiro atoms. The molecule has 0 bridgehead atoms. The summed E-state index contributed by atoms with van der Waals surface area (Å²) in [5.41, 5.74) is 1.79. The number of hydrogen-bond acceptors (Lipinski definition) is 5. The first-order valence-electron chi connectivity index (χ1n) is 11.7. The van der Waals surface area contributed by atoms with Gasteiger partial charge in [-0.2, -0.15) is 0 Å². The summed E-state index contributed by atoms with van der Waals surface area (Å²) in [6.07, 6.45) is 13.2. The molecule has 0 atom stereocenters. The van der Waals surface area contributed by atoms with Gasteiger partial charge >= 0.3 is 5.97 Å². The topological polar surface area (TPSA) is 73.3 Å². The third-order valence-corrected chi connectivity index (χ3v) is 6.64. The zero-order chi connectivity index (χ0) is 22.9. The summed E-state index contributed by atoms with van der Waals surface area (Å²) in [7, 11) is 3.65. The Hall–Kier alpha value is -2.54. The Labute approximate surface area is 191 Å². The molecule has 2 fully saturated rings. The van der Waals surface area contributed by atoms with Crippen LogP contribution in [0.3, 0.4) is 0 Å². The van der Waals surface area contributed by atoms with Crippen molar-refractivity contribution in [2.24, 2.45) is 11.8 Å². The molecule has 176 valence electrons. The molecule has 1 aliphatic carbocycles. The van der Waals surface area contributed by atoms with Crippen molar-refractivity contribution in [1.29, 1.82) is 0 Å². The van der Waals surface area contributed by atoms with Crippen LogP contribution in [0, 0.1) is 11.8 Å². The first-order valence-corrected chi connectivity index (χ1v) is 11.7. The van der Waals surface area contributed by atoms with Crippen LogP contribution < -0.4 is 9.64 Å². The molecule has 7 nitrogen and oxygen atoms in total. The zero-order valence-electron chi connectivity index (χ0n) is 19.4. The van der Waals surface area contributed by atoms with Gasteiger partial charge in [0, 0.05) is 39.8 Å². The summed E-state index contributed by atoms with van der Waals surface area (Å²) < 4.78 is 5.56. The van der Waals surface area contributed by atoms with Crippen molar-refractivity contribution in [3.8, 4) is 5.75 Å². The van der Waals surface area contributed by atoms with Gasteiger partial charge in [0.05, 0.1) is 18.7 Å². The number of benzene rings is 1. The zero-order valence-corrected chi connectivity index (χ0v) is 19.4. The molecule has 7 heteroatoms. The molecular weight excluding hydrogens is 406 g/mol. The minimum absolute atomic E-state index is 0.268. The minimum atomic E-state index is -0.732. The number of likely N-dealkylation sites (N-methyl/N-ethyl adjacent to an activating group) is 1. The number of methoxy groups -OCH3 is 1. The Morgan fingerprint density at radius 3 is 2.62 bits per heavy atom. The van der Waals surface area contributed by atoms with Crippen molar-refractivity contribution in [1.82, 2.24) is 9.80 Å². The van der Waals surface area contributed by atoms with Crippen LogP contribution in [-0.4, -0.2) is 67.6 Å². The summed E-state index contributed by atoms with van der Waals surface area (Å²) in [5.74, 6) is 0.481. The van der Waals surface area contributed by atoms with E-state index in [0.717, 1.165) is 36.5 Å². The third-order valence-electron chi connectivity index (χ3n) is 6.64. The number of carbonyl (C=O) groups excluding carboxylic acids is 1. The minimum Gasteiger partial charge on any atom is -0.495 e. The highest BCUT2D eigenvalue weighted by atomic mass is 16.5. The highest BCUT2D eigenvalue weighted by Gasteiger charge is 2.32. The summed E-state index contributed by atoms with van der Waals surface area (Å²) in [5, 5.41) is 9.03. The maximum Gasteiger partial charge on any atom is 0.309 e. The second kappa shape index (κ2) is 11.9. The van der Waals surface area contributed by atoms with Crippen LogP contribution in [0.2, 0.25) is 0 Å². The smallest absolute Gasteiger partial charge is 0.309 e. The van der Waals surface area contributed by atoms with Crippen molar-refractivity contribution in [3.63, 3.8) is 0 Å². The van der Waals surface area contributed by atoms with Crippen LogP contribution in [0.5, 0.6) is 5.75 Å². The number of amides is 1. The molecule has 1 aromatic rings. The average molecular weight is 444 g/mol. The van der Waals surface area contributed by atoms with E-state index >= 15 is 0 Å². The van der Waals surface area contributed by atoms with Crippen LogP contribution in [0.1, 0.15) is 44.1 Å². The monoisotopic (exact) mass is 443 g/mol.